The number of carbonyl (C=O) groups excluding carboxylic acids is 1. The van der Waals surface area contributed by atoms with Gasteiger partial charge in [0.05, 0.1) is 14.2 Å². The van der Waals surface area contributed by atoms with Gasteiger partial charge in [0.15, 0.2) is 0 Å². The SMILES string of the molecule is CNC(C)(C(=O)OC)c1ccc(OC)cc1. The average molecular weight is 223 g/mol. The van der Waals surface area contributed by atoms with E-state index in [9.17, 15) is 4.79 Å². The summed E-state index contributed by atoms with van der Waals surface area (Å²) < 4.78 is 9.85. The number of hydrogen-bond donors (Lipinski definition) is 1. The predicted octanol–water partition coefficient (Wildman–Crippen LogP) is 1.30. The molecular weight excluding hydrogens is 206 g/mol. The molecule has 0 aliphatic rings. The van der Waals surface area contributed by atoms with Crippen LogP contribution >= 0.6 is 0 Å². The number of rotatable bonds is 4. The van der Waals surface area contributed by atoms with Gasteiger partial charge in [0, 0.05) is 0 Å². The van der Waals surface area contributed by atoms with E-state index < -0.39 is 5.54 Å². The Bertz CT molecular complexity index is 361. The molecule has 0 aromatic heterocycles. The number of ether oxygens (including phenoxy) is 2. The molecule has 1 aromatic rings. The van der Waals surface area contributed by atoms with E-state index in [-0.39, 0.29) is 5.97 Å². The first-order chi connectivity index (χ1) is 7.58. The molecule has 0 radical (unpaired) electrons. The zero-order chi connectivity index (χ0) is 12.2. The largest absolute Gasteiger partial charge is 0.497 e. The van der Waals surface area contributed by atoms with E-state index in [2.05, 4.69) is 5.32 Å². The van der Waals surface area contributed by atoms with Crippen molar-refractivity contribution in [3.8, 4) is 5.75 Å². The van der Waals surface area contributed by atoms with Crippen molar-refractivity contribution in [1.29, 1.82) is 0 Å². The number of benzene rings is 1. The highest BCUT2D eigenvalue weighted by Gasteiger charge is 2.34. The van der Waals surface area contributed by atoms with Crippen LogP contribution in [0.3, 0.4) is 0 Å². The van der Waals surface area contributed by atoms with Gasteiger partial charge in [-0.1, -0.05) is 12.1 Å². The summed E-state index contributed by atoms with van der Waals surface area (Å²) in [5.74, 6) is 0.437. The lowest BCUT2D eigenvalue weighted by Crippen LogP contribution is -2.45. The first-order valence-electron chi connectivity index (χ1n) is 5.00. The van der Waals surface area contributed by atoms with Gasteiger partial charge < -0.3 is 14.8 Å². The van der Waals surface area contributed by atoms with Gasteiger partial charge in [-0.3, -0.25) is 0 Å². The third-order valence-electron chi connectivity index (χ3n) is 2.76. The molecule has 0 fully saturated rings. The molecule has 16 heavy (non-hydrogen) atoms. The smallest absolute Gasteiger partial charge is 0.330 e. The Morgan fingerprint density at radius 2 is 1.81 bits per heavy atom. The zero-order valence-corrected chi connectivity index (χ0v) is 10.0. The minimum absolute atomic E-state index is 0.319. The van der Waals surface area contributed by atoms with Crippen LogP contribution in [0.15, 0.2) is 24.3 Å². The molecule has 1 unspecified atom stereocenters. The first-order valence-corrected chi connectivity index (χ1v) is 5.00. The molecule has 1 atom stereocenters. The molecule has 0 amide bonds. The zero-order valence-electron chi connectivity index (χ0n) is 10.0. The second kappa shape index (κ2) is 4.99. The van der Waals surface area contributed by atoms with E-state index in [0.717, 1.165) is 11.3 Å². The Morgan fingerprint density at radius 1 is 1.25 bits per heavy atom. The molecular formula is C12H17NO3. The number of carbonyl (C=O) groups is 1. The molecule has 0 saturated carbocycles. The fraction of sp³-hybridized carbons (Fsp3) is 0.417. The van der Waals surface area contributed by atoms with E-state index in [0.29, 0.717) is 0 Å². The maximum atomic E-state index is 11.7. The van der Waals surface area contributed by atoms with Crippen molar-refractivity contribution >= 4 is 5.97 Å². The summed E-state index contributed by atoms with van der Waals surface area (Å²) in [5.41, 5.74) is 0.00347. The highest BCUT2D eigenvalue weighted by atomic mass is 16.5. The van der Waals surface area contributed by atoms with Crippen molar-refractivity contribution in [1.82, 2.24) is 5.32 Å². The van der Waals surface area contributed by atoms with Crippen molar-refractivity contribution in [3.63, 3.8) is 0 Å². The maximum Gasteiger partial charge on any atom is 0.330 e. The van der Waals surface area contributed by atoms with Gasteiger partial charge in [-0.2, -0.15) is 0 Å². The molecule has 4 nitrogen and oxygen atoms in total. The highest BCUT2D eigenvalue weighted by molar-refractivity contribution is 5.82. The average Bonchev–Trinajstić information content (AvgIpc) is 2.36. The van der Waals surface area contributed by atoms with E-state index in [1.807, 2.05) is 24.3 Å². The second-order valence-electron chi connectivity index (χ2n) is 3.60. The molecule has 4 heteroatoms. The Labute approximate surface area is 95.6 Å². The molecule has 0 spiro atoms. The summed E-state index contributed by atoms with van der Waals surface area (Å²) in [6.07, 6.45) is 0. The number of esters is 1. The van der Waals surface area contributed by atoms with Crippen LogP contribution in [0.4, 0.5) is 0 Å². The van der Waals surface area contributed by atoms with E-state index in [1.54, 1.807) is 21.1 Å². The molecule has 0 aliphatic carbocycles. The lowest BCUT2D eigenvalue weighted by atomic mass is 9.92. The summed E-state index contributed by atoms with van der Waals surface area (Å²) in [5, 5.41) is 2.97. The summed E-state index contributed by atoms with van der Waals surface area (Å²) in [6, 6.07) is 7.31. The summed E-state index contributed by atoms with van der Waals surface area (Å²) in [7, 11) is 4.70. The summed E-state index contributed by atoms with van der Waals surface area (Å²) in [4.78, 5) is 11.7. The monoisotopic (exact) mass is 223 g/mol. The molecule has 1 aromatic carbocycles. The molecule has 1 N–H and O–H groups in total. The van der Waals surface area contributed by atoms with Gasteiger partial charge >= 0.3 is 5.97 Å². The minimum atomic E-state index is -0.832. The molecule has 0 heterocycles. The molecule has 0 saturated heterocycles. The molecule has 1 rings (SSSR count). The van der Waals surface area contributed by atoms with Gasteiger partial charge in [0.2, 0.25) is 0 Å². The van der Waals surface area contributed by atoms with Crippen LogP contribution in [0.5, 0.6) is 5.75 Å². The van der Waals surface area contributed by atoms with Crippen LogP contribution < -0.4 is 10.1 Å². The summed E-state index contributed by atoms with van der Waals surface area (Å²) in [6.45, 7) is 1.78. The minimum Gasteiger partial charge on any atom is -0.497 e. The number of likely N-dealkylation sites (N-methyl/N-ethyl adjacent to an activating group) is 1. The van der Waals surface area contributed by atoms with E-state index >= 15 is 0 Å². The molecule has 88 valence electrons. The highest BCUT2D eigenvalue weighted by Crippen LogP contribution is 2.24. The Balaban J connectivity index is 3.07. The van der Waals surface area contributed by atoms with Crippen LogP contribution in [0.25, 0.3) is 0 Å². The fourth-order valence-corrected chi connectivity index (χ4v) is 1.49. The quantitative estimate of drug-likeness (QED) is 0.782. The molecule has 0 aliphatic heterocycles. The Kier molecular flexibility index (Phi) is 3.90. The van der Waals surface area contributed by atoms with Gasteiger partial charge in [-0.15, -0.1) is 0 Å². The van der Waals surface area contributed by atoms with E-state index in [1.165, 1.54) is 7.11 Å². The van der Waals surface area contributed by atoms with E-state index in [4.69, 9.17) is 9.47 Å². The maximum absolute atomic E-state index is 11.7. The Hall–Kier alpha value is -1.55. The van der Waals surface area contributed by atoms with Gasteiger partial charge in [0.25, 0.3) is 0 Å². The van der Waals surface area contributed by atoms with Gasteiger partial charge in [0.1, 0.15) is 11.3 Å². The Morgan fingerprint density at radius 3 is 2.19 bits per heavy atom. The molecule has 0 bridgehead atoms. The normalized spacial score (nSPS) is 14.0. The lowest BCUT2D eigenvalue weighted by molar-refractivity contribution is -0.148. The van der Waals surface area contributed by atoms with Crippen molar-refractivity contribution in [3.05, 3.63) is 29.8 Å². The second-order valence-corrected chi connectivity index (χ2v) is 3.60. The van der Waals surface area contributed by atoms with Crippen LogP contribution in [-0.4, -0.2) is 27.2 Å². The standard InChI is InChI=1S/C12H17NO3/c1-12(13-2,11(14)16-4)9-5-7-10(15-3)8-6-9/h5-8,13H,1-4H3. The van der Waals surface area contributed by atoms with Crippen molar-refractivity contribution < 1.29 is 14.3 Å². The fourth-order valence-electron chi connectivity index (χ4n) is 1.49. The third kappa shape index (κ3) is 2.17. The lowest BCUT2D eigenvalue weighted by Gasteiger charge is -2.26. The predicted molar refractivity (Wildman–Crippen MR) is 61.4 cm³/mol. The van der Waals surface area contributed by atoms with Crippen LogP contribution in [-0.2, 0) is 15.1 Å². The van der Waals surface area contributed by atoms with Crippen LogP contribution in [0.2, 0.25) is 0 Å². The number of hydrogen-bond acceptors (Lipinski definition) is 4. The van der Waals surface area contributed by atoms with Crippen molar-refractivity contribution in [2.24, 2.45) is 0 Å². The topological polar surface area (TPSA) is 47.6 Å². The number of nitrogens with one attached hydrogen (secondary N) is 1. The van der Waals surface area contributed by atoms with Gasteiger partial charge in [-0.05, 0) is 31.7 Å². The van der Waals surface area contributed by atoms with Crippen molar-refractivity contribution in [2.45, 2.75) is 12.5 Å². The number of methoxy groups -OCH3 is 2. The van der Waals surface area contributed by atoms with Crippen LogP contribution in [0.1, 0.15) is 12.5 Å². The van der Waals surface area contributed by atoms with Crippen molar-refractivity contribution in [2.75, 3.05) is 21.3 Å². The van der Waals surface area contributed by atoms with Gasteiger partial charge in [-0.25, -0.2) is 4.79 Å². The summed E-state index contributed by atoms with van der Waals surface area (Å²) >= 11 is 0. The first kappa shape index (κ1) is 12.5. The van der Waals surface area contributed by atoms with Crippen LogP contribution in [0, 0.1) is 0 Å². The third-order valence-corrected chi connectivity index (χ3v) is 2.76.